The molecule has 0 unspecified atom stereocenters. The zero-order valence-corrected chi connectivity index (χ0v) is 11.5. The molecule has 9 heteroatoms. The molecular weight excluding hydrogens is 309 g/mol. The molecule has 0 bridgehead atoms. The van der Waals surface area contributed by atoms with Gasteiger partial charge < -0.3 is 11.1 Å². The topological polar surface area (TPSA) is 89.3 Å². The summed E-state index contributed by atoms with van der Waals surface area (Å²) < 4.78 is 60.0. The molecule has 1 aliphatic rings. The fourth-order valence-corrected chi connectivity index (χ4v) is 2.77. The van der Waals surface area contributed by atoms with Crippen LogP contribution in [0, 0.1) is 5.92 Å². The number of carbonyl (C=O) groups excluding carboxylic acids is 1. The first-order valence-electron chi connectivity index (χ1n) is 6.11. The number of halogens is 3. The Kier molecular flexibility index (Phi) is 3.98. The average molecular weight is 322 g/mol. The molecule has 3 N–H and O–H groups in total. The number of benzene rings is 1. The Hall–Kier alpha value is -1.61. The Labute approximate surface area is 119 Å². The highest BCUT2D eigenvalue weighted by Gasteiger charge is 2.47. The van der Waals surface area contributed by atoms with Crippen LogP contribution in [0.3, 0.4) is 0 Å². The maximum absolute atomic E-state index is 12.5. The lowest BCUT2D eigenvalue weighted by atomic mass is 9.79. The van der Waals surface area contributed by atoms with Gasteiger partial charge in [0.25, 0.3) is 9.84 Å². The second-order valence-corrected chi connectivity index (χ2v) is 6.76. The zero-order valence-electron chi connectivity index (χ0n) is 10.7. The molecule has 1 amide bonds. The van der Waals surface area contributed by atoms with Crippen LogP contribution in [0.25, 0.3) is 0 Å². The molecule has 1 aromatic rings. The Bertz CT molecular complexity index is 658. The van der Waals surface area contributed by atoms with Crippen molar-refractivity contribution in [3.05, 3.63) is 24.3 Å². The largest absolute Gasteiger partial charge is 0.501 e. The Morgan fingerprint density at radius 1 is 1.29 bits per heavy atom. The summed E-state index contributed by atoms with van der Waals surface area (Å²) in [7, 11) is -5.43. The van der Waals surface area contributed by atoms with Crippen LogP contribution in [-0.2, 0) is 14.6 Å². The third-order valence-electron chi connectivity index (χ3n) is 3.38. The van der Waals surface area contributed by atoms with Gasteiger partial charge in [0.15, 0.2) is 0 Å². The molecule has 0 aliphatic heterocycles. The highest BCUT2D eigenvalue weighted by Crippen LogP contribution is 2.32. The Balaban J connectivity index is 2.21. The molecule has 5 nitrogen and oxygen atoms in total. The molecule has 0 spiro atoms. The molecule has 21 heavy (non-hydrogen) atoms. The van der Waals surface area contributed by atoms with Gasteiger partial charge in [0.1, 0.15) is 0 Å². The van der Waals surface area contributed by atoms with Crippen molar-refractivity contribution in [2.24, 2.45) is 11.7 Å². The number of nitrogens with two attached hydrogens (primary N) is 1. The molecule has 2 rings (SSSR count). The van der Waals surface area contributed by atoms with Gasteiger partial charge in [-0.25, -0.2) is 8.42 Å². The van der Waals surface area contributed by atoms with Gasteiger partial charge >= 0.3 is 5.51 Å². The van der Waals surface area contributed by atoms with E-state index >= 15 is 0 Å². The van der Waals surface area contributed by atoms with E-state index in [1.54, 1.807) is 0 Å². The molecule has 116 valence electrons. The minimum Gasteiger partial charge on any atom is -0.327 e. The zero-order chi connectivity index (χ0) is 15.8. The summed E-state index contributed by atoms with van der Waals surface area (Å²) >= 11 is 0. The number of anilines is 1. The van der Waals surface area contributed by atoms with Gasteiger partial charge in [-0.3, -0.25) is 4.79 Å². The Morgan fingerprint density at radius 2 is 1.95 bits per heavy atom. The normalized spacial score (nSPS) is 22.5. The van der Waals surface area contributed by atoms with Gasteiger partial charge in [-0.1, -0.05) is 6.07 Å². The van der Waals surface area contributed by atoms with E-state index < -0.39 is 32.1 Å². The minimum absolute atomic E-state index is 0.00979. The summed E-state index contributed by atoms with van der Waals surface area (Å²) in [6, 6.07) is 3.79. The summed E-state index contributed by atoms with van der Waals surface area (Å²) in [6.07, 6.45) is 1.31. The van der Waals surface area contributed by atoms with Crippen molar-refractivity contribution in [3.63, 3.8) is 0 Å². The van der Waals surface area contributed by atoms with Crippen LogP contribution in [0.1, 0.15) is 12.8 Å². The highest BCUT2D eigenvalue weighted by atomic mass is 32.2. The minimum atomic E-state index is -5.43. The number of carbonyl (C=O) groups is 1. The second-order valence-electron chi connectivity index (χ2n) is 4.81. The summed E-state index contributed by atoms with van der Waals surface area (Å²) in [6.45, 7) is 0. The standard InChI is InChI=1S/C12H13F3N2O3S/c13-12(14,15)21(19,20)8-3-1-2-7(6-8)17-11(18)9-4-5-10(9)16/h1-3,6,9-10H,4-5,16H2,(H,17,18)/t9-,10+/m0/s1. The number of amides is 1. The van der Waals surface area contributed by atoms with Crippen molar-refractivity contribution in [2.45, 2.75) is 29.3 Å². The first-order valence-corrected chi connectivity index (χ1v) is 7.59. The number of nitrogens with one attached hydrogen (secondary N) is 1. The smallest absolute Gasteiger partial charge is 0.327 e. The molecule has 1 saturated carbocycles. The van der Waals surface area contributed by atoms with E-state index in [2.05, 4.69) is 5.32 Å². The maximum atomic E-state index is 12.5. The van der Waals surface area contributed by atoms with Crippen molar-refractivity contribution < 1.29 is 26.4 Å². The van der Waals surface area contributed by atoms with Crippen molar-refractivity contribution in [3.8, 4) is 0 Å². The van der Waals surface area contributed by atoms with Gasteiger partial charge in [-0.15, -0.1) is 0 Å². The number of sulfone groups is 1. The predicted octanol–water partition coefficient (Wildman–Crippen LogP) is 1.66. The van der Waals surface area contributed by atoms with Gasteiger partial charge in [0.05, 0.1) is 10.8 Å². The molecule has 1 aliphatic carbocycles. The Morgan fingerprint density at radius 3 is 2.43 bits per heavy atom. The summed E-state index contributed by atoms with van der Waals surface area (Å²) in [5, 5.41) is 2.39. The van der Waals surface area contributed by atoms with Crippen molar-refractivity contribution in [1.82, 2.24) is 0 Å². The molecule has 1 aromatic carbocycles. The van der Waals surface area contributed by atoms with Crippen LogP contribution < -0.4 is 11.1 Å². The molecular formula is C12H13F3N2O3S. The van der Waals surface area contributed by atoms with Crippen LogP contribution in [0.5, 0.6) is 0 Å². The summed E-state index contributed by atoms with van der Waals surface area (Å²) in [5.41, 5.74) is 0.235. The van der Waals surface area contributed by atoms with Crippen LogP contribution >= 0.6 is 0 Å². The predicted molar refractivity (Wildman–Crippen MR) is 69.0 cm³/mol. The van der Waals surface area contributed by atoms with Crippen LogP contribution in [0.2, 0.25) is 0 Å². The fraction of sp³-hybridized carbons (Fsp3) is 0.417. The van der Waals surface area contributed by atoms with Crippen molar-refractivity contribution in [1.29, 1.82) is 0 Å². The lowest BCUT2D eigenvalue weighted by Gasteiger charge is -2.32. The van der Waals surface area contributed by atoms with Crippen LogP contribution in [0.15, 0.2) is 29.2 Å². The number of rotatable bonds is 3. The van der Waals surface area contributed by atoms with Crippen molar-refractivity contribution >= 4 is 21.4 Å². The third-order valence-corrected chi connectivity index (χ3v) is 4.87. The SMILES string of the molecule is N[C@@H]1CC[C@@H]1C(=O)Nc1cccc(S(=O)(=O)C(F)(F)F)c1. The van der Waals surface area contributed by atoms with E-state index in [-0.39, 0.29) is 11.7 Å². The summed E-state index contributed by atoms with van der Waals surface area (Å²) in [5.74, 6) is -0.816. The average Bonchev–Trinajstić information content (AvgIpc) is 2.35. The van der Waals surface area contributed by atoms with E-state index in [0.29, 0.717) is 12.8 Å². The maximum Gasteiger partial charge on any atom is 0.501 e. The lowest BCUT2D eigenvalue weighted by Crippen LogP contribution is -2.46. The molecule has 0 heterocycles. The first kappa shape index (κ1) is 15.8. The van der Waals surface area contributed by atoms with Gasteiger partial charge in [-0.2, -0.15) is 13.2 Å². The lowest BCUT2D eigenvalue weighted by molar-refractivity contribution is -0.122. The van der Waals surface area contributed by atoms with E-state index in [0.717, 1.165) is 18.2 Å². The monoisotopic (exact) mass is 322 g/mol. The molecule has 0 saturated heterocycles. The van der Waals surface area contributed by atoms with Gasteiger partial charge in [-0.05, 0) is 31.0 Å². The summed E-state index contributed by atoms with van der Waals surface area (Å²) in [4.78, 5) is 10.9. The highest BCUT2D eigenvalue weighted by molar-refractivity contribution is 7.92. The van der Waals surface area contributed by atoms with Crippen LogP contribution in [0.4, 0.5) is 18.9 Å². The number of alkyl halides is 3. The quantitative estimate of drug-likeness (QED) is 0.885. The molecule has 0 radical (unpaired) electrons. The fourth-order valence-electron chi connectivity index (χ4n) is 1.96. The third kappa shape index (κ3) is 3.03. The van der Waals surface area contributed by atoms with Crippen molar-refractivity contribution in [2.75, 3.05) is 5.32 Å². The first-order chi connectivity index (χ1) is 9.63. The molecule has 2 atom stereocenters. The van der Waals surface area contributed by atoms with E-state index in [4.69, 9.17) is 5.73 Å². The van der Waals surface area contributed by atoms with E-state index in [9.17, 15) is 26.4 Å². The van der Waals surface area contributed by atoms with Gasteiger partial charge in [0, 0.05) is 11.7 Å². The second kappa shape index (κ2) is 5.30. The van der Waals surface area contributed by atoms with E-state index in [1.807, 2.05) is 0 Å². The molecule has 0 aromatic heterocycles. The number of hydrogen-bond acceptors (Lipinski definition) is 4. The number of hydrogen-bond donors (Lipinski definition) is 2. The molecule has 1 fully saturated rings. The van der Waals surface area contributed by atoms with Crippen LogP contribution in [-0.4, -0.2) is 25.9 Å². The van der Waals surface area contributed by atoms with E-state index in [1.165, 1.54) is 6.07 Å². The van der Waals surface area contributed by atoms with Gasteiger partial charge in [0.2, 0.25) is 5.91 Å².